The van der Waals surface area contributed by atoms with Crippen molar-refractivity contribution < 1.29 is 4.79 Å². The first-order valence-electron chi connectivity index (χ1n) is 5.38. The number of benzene rings is 1. The van der Waals surface area contributed by atoms with E-state index in [4.69, 9.17) is 23.2 Å². The second kappa shape index (κ2) is 7.24. The van der Waals surface area contributed by atoms with Gasteiger partial charge in [-0.15, -0.1) is 0 Å². The third-order valence-corrected chi connectivity index (χ3v) is 3.54. The lowest BCUT2D eigenvalue weighted by Gasteiger charge is -2.08. The van der Waals surface area contributed by atoms with Gasteiger partial charge in [-0.05, 0) is 25.0 Å². The third kappa shape index (κ3) is 4.86. The smallest absolute Gasteiger partial charge is 0.252 e. The maximum absolute atomic E-state index is 11.8. The standard InChI is InChI=1S/C12H14BrCl2NO/c1-8(13)4-3-7-16-12(17)9-5-2-6-10(14)11(9)15/h2,5-6,8H,3-4,7H2,1H3,(H,16,17). The van der Waals surface area contributed by atoms with Crippen LogP contribution in [0.2, 0.25) is 10.0 Å². The van der Waals surface area contributed by atoms with Gasteiger partial charge in [-0.2, -0.15) is 0 Å². The summed E-state index contributed by atoms with van der Waals surface area (Å²) in [6.07, 6.45) is 1.94. The van der Waals surface area contributed by atoms with E-state index in [2.05, 4.69) is 28.2 Å². The SMILES string of the molecule is CC(Br)CCCNC(=O)c1cccc(Cl)c1Cl. The van der Waals surface area contributed by atoms with E-state index < -0.39 is 0 Å². The van der Waals surface area contributed by atoms with Gasteiger partial charge in [0.25, 0.3) is 5.91 Å². The largest absolute Gasteiger partial charge is 0.352 e. The van der Waals surface area contributed by atoms with Gasteiger partial charge in [0, 0.05) is 11.4 Å². The quantitative estimate of drug-likeness (QED) is 0.629. The maximum Gasteiger partial charge on any atom is 0.252 e. The van der Waals surface area contributed by atoms with Crippen LogP contribution >= 0.6 is 39.1 Å². The molecule has 1 aromatic rings. The van der Waals surface area contributed by atoms with E-state index in [-0.39, 0.29) is 5.91 Å². The van der Waals surface area contributed by atoms with Crippen molar-refractivity contribution in [2.45, 2.75) is 24.6 Å². The van der Waals surface area contributed by atoms with Crippen molar-refractivity contribution in [3.8, 4) is 0 Å². The average molecular weight is 339 g/mol. The number of halogens is 3. The van der Waals surface area contributed by atoms with Crippen molar-refractivity contribution in [2.75, 3.05) is 6.54 Å². The number of hydrogen-bond acceptors (Lipinski definition) is 1. The zero-order valence-corrected chi connectivity index (χ0v) is 12.6. The zero-order chi connectivity index (χ0) is 12.8. The summed E-state index contributed by atoms with van der Waals surface area (Å²) in [5, 5.41) is 3.52. The molecule has 94 valence electrons. The van der Waals surface area contributed by atoms with Gasteiger partial charge in [-0.3, -0.25) is 4.79 Å². The molecule has 0 bridgehead atoms. The Balaban J connectivity index is 2.50. The summed E-state index contributed by atoms with van der Waals surface area (Å²) in [6, 6.07) is 5.04. The van der Waals surface area contributed by atoms with E-state index in [9.17, 15) is 4.79 Å². The fourth-order valence-corrected chi connectivity index (χ4v) is 2.07. The number of amides is 1. The van der Waals surface area contributed by atoms with Gasteiger partial charge >= 0.3 is 0 Å². The van der Waals surface area contributed by atoms with E-state index in [1.807, 2.05) is 0 Å². The molecule has 0 heterocycles. The molecule has 0 aliphatic rings. The molecule has 1 rings (SSSR count). The van der Waals surface area contributed by atoms with Crippen molar-refractivity contribution in [2.24, 2.45) is 0 Å². The molecule has 0 saturated carbocycles. The molecule has 2 nitrogen and oxygen atoms in total. The number of nitrogens with one attached hydrogen (secondary N) is 1. The molecule has 0 aliphatic carbocycles. The van der Waals surface area contributed by atoms with Gasteiger partial charge in [0.1, 0.15) is 0 Å². The Labute approximate surface area is 120 Å². The predicted molar refractivity (Wildman–Crippen MR) is 76.4 cm³/mol. The monoisotopic (exact) mass is 337 g/mol. The molecule has 0 spiro atoms. The van der Waals surface area contributed by atoms with Crippen LogP contribution in [0.4, 0.5) is 0 Å². The lowest BCUT2D eigenvalue weighted by molar-refractivity contribution is 0.0953. The molecule has 0 aliphatic heterocycles. The first kappa shape index (κ1) is 14.8. The van der Waals surface area contributed by atoms with Crippen LogP contribution in [-0.4, -0.2) is 17.3 Å². The first-order chi connectivity index (χ1) is 8.02. The highest BCUT2D eigenvalue weighted by Gasteiger charge is 2.11. The highest BCUT2D eigenvalue weighted by molar-refractivity contribution is 9.09. The molecular weight excluding hydrogens is 325 g/mol. The lowest BCUT2D eigenvalue weighted by Crippen LogP contribution is -2.25. The fourth-order valence-electron chi connectivity index (χ4n) is 1.36. The fraction of sp³-hybridized carbons (Fsp3) is 0.417. The molecular formula is C12H14BrCl2NO. The van der Waals surface area contributed by atoms with Crippen LogP contribution in [0, 0.1) is 0 Å². The van der Waals surface area contributed by atoms with E-state index in [0.29, 0.717) is 27.0 Å². The number of carbonyl (C=O) groups is 1. The van der Waals surface area contributed by atoms with Gasteiger partial charge < -0.3 is 5.32 Å². The van der Waals surface area contributed by atoms with Crippen LogP contribution in [0.15, 0.2) is 18.2 Å². The Morgan fingerprint density at radius 3 is 2.82 bits per heavy atom. The van der Waals surface area contributed by atoms with Crippen molar-refractivity contribution in [1.82, 2.24) is 5.32 Å². The van der Waals surface area contributed by atoms with Crippen molar-refractivity contribution in [3.63, 3.8) is 0 Å². The molecule has 1 unspecified atom stereocenters. The summed E-state index contributed by atoms with van der Waals surface area (Å²) in [7, 11) is 0. The number of carbonyl (C=O) groups excluding carboxylic acids is 1. The maximum atomic E-state index is 11.8. The summed E-state index contributed by atoms with van der Waals surface area (Å²) in [4.78, 5) is 12.3. The minimum absolute atomic E-state index is 0.181. The van der Waals surface area contributed by atoms with Crippen molar-refractivity contribution >= 4 is 45.0 Å². The molecule has 1 aromatic carbocycles. The van der Waals surface area contributed by atoms with Gasteiger partial charge in [-0.25, -0.2) is 0 Å². The summed E-state index contributed by atoms with van der Waals surface area (Å²) in [6.45, 7) is 2.72. The molecule has 17 heavy (non-hydrogen) atoms. The highest BCUT2D eigenvalue weighted by atomic mass is 79.9. The Hall–Kier alpha value is -0.250. The molecule has 1 amide bonds. The van der Waals surface area contributed by atoms with Crippen LogP contribution in [0.25, 0.3) is 0 Å². The van der Waals surface area contributed by atoms with E-state index >= 15 is 0 Å². The molecule has 0 saturated heterocycles. The second-order valence-electron chi connectivity index (χ2n) is 3.78. The number of rotatable bonds is 5. The van der Waals surface area contributed by atoms with Crippen molar-refractivity contribution in [1.29, 1.82) is 0 Å². The summed E-state index contributed by atoms with van der Waals surface area (Å²) in [5.41, 5.74) is 0.422. The Kier molecular flexibility index (Phi) is 6.31. The summed E-state index contributed by atoms with van der Waals surface area (Å²) in [5.74, 6) is -0.181. The lowest BCUT2D eigenvalue weighted by atomic mass is 10.2. The second-order valence-corrected chi connectivity index (χ2v) is 6.13. The number of hydrogen-bond donors (Lipinski definition) is 1. The van der Waals surface area contributed by atoms with Gasteiger partial charge in [0.2, 0.25) is 0 Å². The van der Waals surface area contributed by atoms with Gasteiger partial charge in [0.15, 0.2) is 0 Å². The Morgan fingerprint density at radius 1 is 1.47 bits per heavy atom. The molecule has 5 heteroatoms. The molecule has 1 N–H and O–H groups in total. The van der Waals surface area contributed by atoms with Crippen LogP contribution in [0.1, 0.15) is 30.1 Å². The average Bonchev–Trinajstić information content (AvgIpc) is 2.27. The highest BCUT2D eigenvalue weighted by Crippen LogP contribution is 2.25. The first-order valence-corrected chi connectivity index (χ1v) is 7.06. The third-order valence-electron chi connectivity index (χ3n) is 2.26. The van der Waals surface area contributed by atoms with Gasteiger partial charge in [0.05, 0.1) is 15.6 Å². The summed E-state index contributed by atoms with van der Waals surface area (Å²) < 4.78 is 0. The molecule has 0 fully saturated rings. The van der Waals surface area contributed by atoms with E-state index in [1.165, 1.54) is 0 Å². The van der Waals surface area contributed by atoms with Crippen LogP contribution in [-0.2, 0) is 0 Å². The van der Waals surface area contributed by atoms with E-state index in [0.717, 1.165) is 12.8 Å². The van der Waals surface area contributed by atoms with Crippen LogP contribution in [0.3, 0.4) is 0 Å². The van der Waals surface area contributed by atoms with Crippen molar-refractivity contribution in [3.05, 3.63) is 33.8 Å². The Morgan fingerprint density at radius 2 is 2.18 bits per heavy atom. The Bertz CT molecular complexity index is 396. The minimum Gasteiger partial charge on any atom is -0.352 e. The normalized spacial score (nSPS) is 12.2. The molecule has 1 atom stereocenters. The number of alkyl halides is 1. The molecule has 0 radical (unpaired) electrons. The topological polar surface area (TPSA) is 29.1 Å². The van der Waals surface area contributed by atoms with Gasteiger partial charge in [-0.1, -0.05) is 52.1 Å². The summed E-state index contributed by atoms with van der Waals surface area (Å²) >= 11 is 15.3. The van der Waals surface area contributed by atoms with Crippen LogP contribution in [0.5, 0.6) is 0 Å². The van der Waals surface area contributed by atoms with E-state index in [1.54, 1.807) is 18.2 Å². The predicted octanol–water partition coefficient (Wildman–Crippen LogP) is 4.29. The molecule has 0 aromatic heterocycles. The van der Waals surface area contributed by atoms with Crippen LogP contribution < -0.4 is 5.32 Å². The zero-order valence-electron chi connectivity index (χ0n) is 9.47. The minimum atomic E-state index is -0.181.